The highest BCUT2D eigenvalue weighted by Crippen LogP contribution is 2.27. The van der Waals surface area contributed by atoms with E-state index in [0.717, 1.165) is 22.6 Å². The first-order valence-corrected chi connectivity index (χ1v) is 7.97. The fraction of sp³-hybridized carbons (Fsp3) is 0.250. The number of nitrogens with one attached hydrogen (secondary N) is 1. The molecule has 0 saturated carbocycles. The number of aromatic nitrogens is 2. The number of nitrogens with zero attached hydrogens (tertiary/aromatic N) is 2. The molecule has 0 radical (unpaired) electrons. The summed E-state index contributed by atoms with van der Waals surface area (Å²) in [5.41, 5.74) is 2.28. The van der Waals surface area contributed by atoms with Crippen LogP contribution in [0.2, 0.25) is 0 Å². The van der Waals surface area contributed by atoms with E-state index < -0.39 is 0 Å². The zero-order chi connectivity index (χ0) is 15.4. The number of thiazole rings is 1. The van der Waals surface area contributed by atoms with Gasteiger partial charge in [-0.05, 0) is 6.42 Å². The van der Waals surface area contributed by atoms with Gasteiger partial charge in [0.05, 0.1) is 5.69 Å². The molecule has 0 unspecified atom stereocenters. The predicted octanol–water partition coefficient (Wildman–Crippen LogP) is 2.83. The van der Waals surface area contributed by atoms with Crippen LogP contribution in [0.4, 0.5) is 0 Å². The molecule has 3 rings (SSSR count). The Bertz CT molecular complexity index is 764. The summed E-state index contributed by atoms with van der Waals surface area (Å²) in [6.45, 7) is 1.20. The summed E-state index contributed by atoms with van der Waals surface area (Å²) in [5.74, 6) is -0.147. The summed E-state index contributed by atoms with van der Waals surface area (Å²) < 4.78 is 6.95. The quantitative estimate of drug-likeness (QED) is 0.712. The van der Waals surface area contributed by atoms with Crippen LogP contribution in [0.25, 0.3) is 16.2 Å². The number of carbonyl (C=O) groups excluding carboxylic acids is 1. The van der Waals surface area contributed by atoms with Crippen molar-refractivity contribution >= 4 is 22.2 Å². The van der Waals surface area contributed by atoms with Crippen molar-refractivity contribution in [1.82, 2.24) is 14.7 Å². The second-order valence-electron chi connectivity index (χ2n) is 4.83. The molecular formula is C16H17N3O2S. The minimum absolute atomic E-state index is 0.147. The molecule has 0 fully saturated rings. The fourth-order valence-electron chi connectivity index (χ4n) is 2.32. The summed E-state index contributed by atoms with van der Waals surface area (Å²) in [6, 6.07) is 9.86. The SMILES string of the molecule is COCCCNC(=O)c1nc2sccn2c1-c1ccccc1. The molecule has 0 atom stereocenters. The zero-order valence-electron chi connectivity index (χ0n) is 12.3. The van der Waals surface area contributed by atoms with Crippen molar-refractivity contribution in [2.45, 2.75) is 6.42 Å². The molecule has 0 aliphatic rings. The maximum absolute atomic E-state index is 12.4. The number of methoxy groups -OCH3 is 1. The first-order valence-electron chi connectivity index (χ1n) is 7.09. The molecule has 1 aromatic carbocycles. The first kappa shape index (κ1) is 14.7. The van der Waals surface area contributed by atoms with Gasteiger partial charge in [0.2, 0.25) is 0 Å². The molecule has 0 saturated heterocycles. The maximum atomic E-state index is 12.4. The number of imidazole rings is 1. The van der Waals surface area contributed by atoms with E-state index in [1.807, 2.05) is 46.3 Å². The van der Waals surface area contributed by atoms with Gasteiger partial charge in [-0.25, -0.2) is 4.98 Å². The minimum Gasteiger partial charge on any atom is -0.385 e. The van der Waals surface area contributed by atoms with Gasteiger partial charge in [-0.2, -0.15) is 0 Å². The molecule has 2 heterocycles. The number of carbonyl (C=O) groups is 1. The van der Waals surface area contributed by atoms with Crippen LogP contribution in [-0.4, -0.2) is 35.6 Å². The monoisotopic (exact) mass is 315 g/mol. The van der Waals surface area contributed by atoms with Gasteiger partial charge in [0, 0.05) is 37.4 Å². The van der Waals surface area contributed by atoms with E-state index in [4.69, 9.17) is 4.74 Å². The van der Waals surface area contributed by atoms with Crippen molar-refractivity contribution in [2.24, 2.45) is 0 Å². The van der Waals surface area contributed by atoms with Crippen molar-refractivity contribution in [3.8, 4) is 11.3 Å². The maximum Gasteiger partial charge on any atom is 0.272 e. The van der Waals surface area contributed by atoms with E-state index in [1.165, 1.54) is 11.3 Å². The third-order valence-corrected chi connectivity index (χ3v) is 4.09. The number of hydrogen-bond acceptors (Lipinski definition) is 4. The molecule has 114 valence electrons. The number of hydrogen-bond donors (Lipinski definition) is 1. The third-order valence-electron chi connectivity index (χ3n) is 3.34. The van der Waals surface area contributed by atoms with E-state index in [1.54, 1.807) is 7.11 Å². The van der Waals surface area contributed by atoms with E-state index >= 15 is 0 Å². The number of benzene rings is 1. The van der Waals surface area contributed by atoms with Crippen molar-refractivity contribution in [3.63, 3.8) is 0 Å². The summed E-state index contributed by atoms with van der Waals surface area (Å²) in [7, 11) is 1.65. The first-order chi connectivity index (χ1) is 10.8. The average molecular weight is 315 g/mol. The second kappa shape index (κ2) is 6.72. The van der Waals surface area contributed by atoms with Crippen molar-refractivity contribution < 1.29 is 9.53 Å². The highest BCUT2D eigenvalue weighted by atomic mass is 32.1. The molecule has 0 spiro atoms. The van der Waals surface area contributed by atoms with E-state index in [2.05, 4.69) is 10.3 Å². The molecule has 22 heavy (non-hydrogen) atoms. The molecular weight excluding hydrogens is 298 g/mol. The topological polar surface area (TPSA) is 55.6 Å². The van der Waals surface area contributed by atoms with Crippen LogP contribution in [0.1, 0.15) is 16.9 Å². The summed E-state index contributed by atoms with van der Waals surface area (Å²) in [4.78, 5) is 17.8. The zero-order valence-corrected chi connectivity index (χ0v) is 13.1. The van der Waals surface area contributed by atoms with Crippen LogP contribution in [0.3, 0.4) is 0 Å². The van der Waals surface area contributed by atoms with Gasteiger partial charge in [-0.3, -0.25) is 9.20 Å². The van der Waals surface area contributed by atoms with Crippen molar-refractivity contribution in [2.75, 3.05) is 20.3 Å². The Kier molecular flexibility index (Phi) is 4.50. The number of amides is 1. The fourth-order valence-corrected chi connectivity index (χ4v) is 3.03. The Hall–Kier alpha value is -2.18. The standard InChI is InChI=1S/C16H17N3O2S/c1-21-10-5-8-17-15(20)13-14(12-6-3-2-4-7-12)19-9-11-22-16(19)18-13/h2-4,6-7,9,11H,5,8,10H2,1H3,(H,17,20). The Morgan fingerprint density at radius 2 is 2.18 bits per heavy atom. The number of rotatable bonds is 6. The minimum atomic E-state index is -0.147. The molecule has 5 nitrogen and oxygen atoms in total. The van der Waals surface area contributed by atoms with E-state index in [-0.39, 0.29) is 5.91 Å². The Morgan fingerprint density at radius 1 is 1.36 bits per heavy atom. The largest absolute Gasteiger partial charge is 0.385 e. The van der Waals surface area contributed by atoms with Gasteiger partial charge in [0.25, 0.3) is 5.91 Å². The van der Waals surface area contributed by atoms with Gasteiger partial charge in [0.1, 0.15) is 0 Å². The highest BCUT2D eigenvalue weighted by Gasteiger charge is 2.20. The molecule has 1 amide bonds. The van der Waals surface area contributed by atoms with Gasteiger partial charge in [-0.1, -0.05) is 30.3 Å². The van der Waals surface area contributed by atoms with Crippen LogP contribution in [0.5, 0.6) is 0 Å². The second-order valence-corrected chi connectivity index (χ2v) is 5.71. The Labute approximate surface area is 132 Å². The van der Waals surface area contributed by atoms with Crippen molar-refractivity contribution in [3.05, 3.63) is 47.6 Å². The normalized spacial score (nSPS) is 11.0. The average Bonchev–Trinajstić information content (AvgIpc) is 3.12. The number of ether oxygens (including phenoxy) is 1. The summed E-state index contributed by atoms with van der Waals surface area (Å²) >= 11 is 1.52. The highest BCUT2D eigenvalue weighted by molar-refractivity contribution is 7.15. The lowest BCUT2D eigenvalue weighted by molar-refractivity contribution is 0.0945. The van der Waals surface area contributed by atoms with Gasteiger partial charge in [-0.15, -0.1) is 11.3 Å². The molecule has 1 N–H and O–H groups in total. The summed E-state index contributed by atoms with van der Waals surface area (Å²) in [6.07, 6.45) is 2.72. The molecule has 0 bridgehead atoms. The predicted molar refractivity (Wildman–Crippen MR) is 87.3 cm³/mol. The van der Waals surface area contributed by atoms with E-state index in [9.17, 15) is 4.79 Å². The van der Waals surface area contributed by atoms with Crippen LogP contribution in [0, 0.1) is 0 Å². The lowest BCUT2D eigenvalue weighted by Crippen LogP contribution is -2.26. The Balaban J connectivity index is 1.92. The van der Waals surface area contributed by atoms with Crippen LogP contribution >= 0.6 is 11.3 Å². The van der Waals surface area contributed by atoms with Gasteiger partial charge < -0.3 is 10.1 Å². The van der Waals surface area contributed by atoms with Crippen molar-refractivity contribution in [1.29, 1.82) is 0 Å². The Morgan fingerprint density at radius 3 is 2.95 bits per heavy atom. The molecule has 0 aliphatic heterocycles. The third kappa shape index (κ3) is 2.88. The molecule has 3 aromatic rings. The van der Waals surface area contributed by atoms with Crippen LogP contribution in [0.15, 0.2) is 41.9 Å². The van der Waals surface area contributed by atoms with Gasteiger partial charge in [0.15, 0.2) is 10.7 Å². The lowest BCUT2D eigenvalue weighted by atomic mass is 10.1. The molecule has 0 aliphatic carbocycles. The number of fused-ring (bicyclic) bond motifs is 1. The van der Waals surface area contributed by atoms with Crippen LogP contribution < -0.4 is 5.32 Å². The smallest absolute Gasteiger partial charge is 0.272 e. The molecule has 2 aromatic heterocycles. The summed E-state index contributed by atoms with van der Waals surface area (Å²) in [5, 5.41) is 4.87. The van der Waals surface area contributed by atoms with E-state index in [0.29, 0.717) is 18.8 Å². The van der Waals surface area contributed by atoms with Gasteiger partial charge >= 0.3 is 0 Å². The van der Waals surface area contributed by atoms with Crippen LogP contribution in [-0.2, 0) is 4.74 Å². The molecule has 6 heteroatoms. The lowest BCUT2D eigenvalue weighted by Gasteiger charge is -2.06.